The summed E-state index contributed by atoms with van der Waals surface area (Å²) in [4.78, 5) is 11.7. The van der Waals surface area contributed by atoms with Crippen LogP contribution in [0.4, 0.5) is 4.79 Å². The number of hydrogen-bond acceptors (Lipinski definition) is 3. The summed E-state index contributed by atoms with van der Waals surface area (Å²) in [5.41, 5.74) is 6.31. The van der Waals surface area contributed by atoms with Gasteiger partial charge in [0.25, 0.3) is 0 Å². The summed E-state index contributed by atoms with van der Waals surface area (Å²) in [5, 5.41) is 2.82. The normalized spacial score (nSPS) is 33.0. The van der Waals surface area contributed by atoms with Gasteiger partial charge in [0.05, 0.1) is 0 Å². The monoisotopic (exact) mass is 282 g/mol. The molecule has 3 fully saturated rings. The lowest BCUT2D eigenvalue weighted by Crippen LogP contribution is -2.58. The first-order chi connectivity index (χ1) is 9.11. The predicted octanol–water partition coefficient (Wildman–Crippen LogP) is 2.91. The third kappa shape index (κ3) is 3.11. The molecule has 0 spiro atoms. The van der Waals surface area contributed by atoms with Crippen molar-refractivity contribution in [2.24, 2.45) is 28.9 Å². The van der Waals surface area contributed by atoms with Crippen LogP contribution >= 0.6 is 0 Å². The molecule has 4 nitrogen and oxygen atoms in total. The van der Waals surface area contributed by atoms with Crippen LogP contribution in [-0.4, -0.2) is 24.3 Å². The second-order valence-corrected chi connectivity index (χ2v) is 8.15. The Morgan fingerprint density at radius 1 is 1.40 bits per heavy atom. The van der Waals surface area contributed by atoms with E-state index in [9.17, 15) is 4.79 Å². The highest BCUT2D eigenvalue weighted by molar-refractivity contribution is 5.67. The molecular formula is C16H30N2O2. The maximum Gasteiger partial charge on any atom is 0.407 e. The molecule has 1 amide bonds. The number of rotatable bonds is 3. The van der Waals surface area contributed by atoms with Crippen LogP contribution in [0, 0.1) is 23.2 Å². The average molecular weight is 282 g/mol. The zero-order valence-electron chi connectivity index (χ0n) is 13.5. The molecule has 2 bridgehead atoms. The van der Waals surface area contributed by atoms with E-state index >= 15 is 0 Å². The van der Waals surface area contributed by atoms with Gasteiger partial charge in [0.1, 0.15) is 5.60 Å². The first-order valence-electron chi connectivity index (χ1n) is 7.83. The van der Waals surface area contributed by atoms with Crippen molar-refractivity contribution < 1.29 is 9.53 Å². The van der Waals surface area contributed by atoms with Crippen LogP contribution in [0.2, 0.25) is 0 Å². The number of hydrogen-bond donors (Lipinski definition) is 2. The lowest BCUT2D eigenvalue weighted by molar-refractivity contribution is -0.111. The summed E-state index contributed by atoms with van der Waals surface area (Å²) in [5.74, 6) is 2.14. The molecule has 3 aliphatic carbocycles. The lowest BCUT2D eigenvalue weighted by Gasteiger charge is -2.61. The number of ether oxygens (including phenoxy) is 1. The summed E-state index contributed by atoms with van der Waals surface area (Å²) in [6, 6.07) is 0.0352. The van der Waals surface area contributed by atoms with Crippen LogP contribution in [-0.2, 0) is 4.74 Å². The minimum absolute atomic E-state index is 0.0352. The van der Waals surface area contributed by atoms with Crippen molar-refractivity contribution in [3.8, 4) is 0 Å². The van der Waals surface area contributed by atoms with E-state index < -0.39 is 5.60 Å². The number of nitrogens with one attached hydrogen (secondary N) is 1. The maximum absolute atomic E-state index is 11.7. The van der Waals surface area contributed by atoms with Crippen molar-refractivity contribution in [1.82, 2.24) is 5.32 Å². The van der Waals surface area contributed by atoms with Crippen molar-refractivity contribution in [2.75, 3.05) is 6.54 Å². The van der Waals surface area contributed by atoms with Crippen LogP contribution in [0.3, 0.4) is 0 Å². The summed E-state index contributed by atoms with van der Waals surface area (Å²) in [6.07, 6.45) is 3.44. The molecule has 3 saturated carbocycles. The van der Waals surface area contributed by atoms with Crippen molar-refractivity contribution in [3.63, 3.8) is 0 Å². The molecule has 0 aromatic carbocycles. The number of fused-ring (bicyclic) bond motifs is 2. The highest BCUT2D eigenvalue weighted by Crippen LogP contribution is 2.61. The fourth-order valence-electron chi connectivity index (χ4n) is 4.05. The van der Waals surface area contributed by atoms with Crippen LogP contribution in [0.15, 0.2) is 0 Å². The first kappa shape index (κ1) is 15.6. The first-order valence-corrected chi connectivity index (χ1v) is 7.83. The van der Waals surface area contributed by atoms with E-state index in [2.05, 4.69) is 19.2 Å². The average Bonchev–Trinajstić information content (AvgIpc) is 2.33. The number of carbonyl (C=O) groups excluding carboxylic acids is 1. The van der Waals surface area contributed by atoms with Gasteiger partial charge in [-0.25, -0.2) is 4.79 Å². The lowest BCUT2D eigenvalue weighted by atomic mass is 9.45. The Hall–Kier alpha value is -0.770. The Morgan fingerprint density at radius 2 is 2.05 bits per heavy atom. The number of amides is 1. The van der Waals surface area contributed by atoms with Crippen LogP contribution < -0.4 is 11.1 Å². The molecule has 4 heteroatoms. The maximum atomic E-state index is 11.7. The molecule has 0 radical (unpaired) electrons. The largest absolute Gasteiger partial charge is 0.444 e. The Labute approximate surface area is 122 Å². The smallest absolute Gasteiger partial charge is 0.407 e. The van der Waals surface area contributed by atoms with Crippen molar-refractivity contribution >= 4 is 6.09 Å². The van der Waals surface area contributed by atoms with E-state index in [1.54, 1.807) is 0 Å². The molecule has 3 rings (SSSR count). The van der Waals surface area contributed by atoms with Gasteiger partial charge in [-0.2, -0.15) is 0 Å². The molecule has 3 N–H and O–H groups in total. The van der Waals surface area contributed by atoms with Gasteiger partial charge in [-0.3, -0.25) is 0 Å². The van der Waals surface area contributed by atoms with E-state index in [-0.39, 0.29) is 12.1 Å². The van der Waals surface area contributed by atoms with Gasteiger partial charge in [-0.15, -0.1) is 0 Å². The van der Waals surface area contributed by atoms with Gasteiger partial charge in [-0.05, 0) is 63.2 Å². The minimum atomic E-state index is -0.456. The molecular weight excluding hydrogens is 252 g/mol. The molecule has 4 atom stereocenters. The standard InChI is InChI=1S/C16H30N2O2/c1-15(2,3)20-14(19)18-9-13(17)11-7-6-10-8-12(11)16(10,4)5/h10-13H,6-9,17H2,1-5H3,(H,18,19). The summed E-state index contributed by atoms with van der Waals surface area (Å²) >= 11 is 0. The molecule has 4 unspecified atom stereocenters. The van der Waals surface area contributed by atoms with E-state index in [4.69, 9.17) is 10.5 Å². The highest BCUT2D eigenvalue weighted by Gasteiger charge is 2.55. The van der Waals surface area contributed by atoms with E-state index in [1.165, 1.54) is 19.3 Å². The van der Waals surface area contributed by atoms with Crippen molar-refractivity contribution in [2.45, 2.75) is 65.5 Å². The van der Waals surface area contributed by atoms with E-state index in [0.29, 0.717) is 17.9 Å². The Kier molecular flexibility index (Phi) is 4.07. The second-order valence-electron chi connectivity index (χ2n) is 8.15. The molecule has 3 aliphatic rings. The van der Waals surface area contributed by atoms with Gasteiger partial charge >= 0.3 is 6.09 Å². The SMILES string of the molecule is CC(C)(C)OC(=O)NCC(N)C1CCC2CC1C2(C)C. The Balaban J connectivity index is 1.81. The van der Waals surface area contributed by atoms with Gasteiger partial charge in [0, 0.05) is 12.6 Å². The highest BCUT2D eigenvalue weighted by atomic mass is 16.6. The molecule has 0 aliphatic heterocycles. The topological polar surface area (TPSA) is 64.3 Å². The third-order valence-corrected chi connectivity index (χ3v) is 5.34. The zero-order valence-corrected chi connectivity index (χ0v) is 13.5. The van der Waals surface area contributed by atoms with Crippen LogP contribution in [0.25, 0.3) is 0 Å². The van der Waals surface area contributed by atoms with Crippen molar-refractivity contribution in [3.05, 3.63) is 0 Å². The third-order valence-electron chi connectivity index (χ3n) is 5.34. The molecule has 20 heavy (non-hydrogen) atoms. The van der Waals surface area contributed by atoms with Gasteiger partial charge in [0.2, 0.25) is 0 Å². The van der Waals surface area contributed by atoms with E-state index in [0.717, 1.165) is 11.8 Å². The Morgan fingerprint density at radius 3 is 2.55 bits per heavy atom. The second kappa shape index (κ2) is 5.21. The zero-order chi connectivity index (χ0) is 15.1. The number of carbonyl (C=O) groups is 1. The van der Waals surface area contributed by atoms with Gasteiger partial charge < -0.3 is 15.8 Å². The van der Waals surface area contributed by atoms with Gasteiger partial charge in [-0.1, -0.05) is 13.8 Å². The van der Waals surface area contributed by atoms with Gasteiger partial charge in [0.15, 0.2) is 0 Å². The molecule has 0 aromatic rings. The minimum Gasteiger partial charge on any atom is -0.444 e. The Bertz CT molecular complexity index is 371. The van der Waals surface area contributed by atoms with Crippen molar-refractivity contribution in [1.29, 1.82) is 0 Å². The van der Waals surface area contributed by atoms with E-state index in [1.807, 2.05) is 20.8 Å². The molecule has 0 aromatic heterocycles. The number of alkyl carbamates (subject to hydrolysis) is 1. The summed E-state index contributed by atoms with van der Waals surface area (Å²) < 4.78 is 5.25. The predicted molar refractivity (Wildman–Crippen MR) is 80.3 cm³/mol. The summed E-state index contributed by atoms with van der Waals surface area (Å²) in [7, 11) is 0. The van der Waals surface area contributed by atoms with Crippen LogP contribution in [0.5, 0.6) is 0 Å². The molecule has 0 saturated heterocycles. The van der Waals surface area contributed by atoms with Crippen LogP contribution in [0.1, 0.15) is 53.9 Å². The molecule has 0 heterocycles. The summed E-state index contributed by atoms with van der Waals surface area (Å²) in [6.45, 7) is 10.8. The number of nitrogens with two attached hydrogens (primary N) is 1. The fourth-order valence-corrected chi connectivity index (χ4v) is 4.05. The quantitative estimate of drug-likeness (QED) is 0.836. The molecule has 116 valence electrons. The fraction of sp³-hybridized carbons (Fsp3) is 0.938.